The number of nitrogens with zero attached hydrogens (tertiary/aromatic N) is 5. The summed E-state index contributed by atoms with van der Waals surface area (Å²) in [6.07, 6.45) is 4.42. The average molecular weight is 401 g/mol. The van der Waals surface area contributed by atoms with Crippen molar-refractivity contribution >= 4 is 17.7 Å². The van der Waals surface area contributed by atoms with E-state index in [2.05, 4.69) is 26.9 Å². The van der Waals surface area contributed by atoms with E-state index in [0.717, 1.165) is 24.8 Å². The first kappa shape index (κ1) is 20.1. The number of rotatable bonds is 6. The first-order valence-corrected chi connectivity index (χ1v) is 10.2. The summed E-state index contributed by atoms with van der Waals surface area (Å²) >= 11 is 1.25. The van der Waals surface area contributed by atoms with Gasteiger partial charge in [-0.2, -0.15) is 9.94 Å². The minimum atomic E-state index is -0.754. The van der Waals surface area contributed by atoms with Crippen molar-refractivity contribution in [1.29, 1.82) is 5.26 Å². The Morgan fingerprint density at radius 1 is 1.39 bits per heavy atom. The largest absolute Gasteiger partial charge is 0.494 e. The van der Waals surface area contributed by atoms with Crippen molar-refractivity contribution < 1.29 is 9.53 Å². The minimum absolute atomic E-state index is 0.181. The summed E-state index contributed by atoms with van der Waals surface area (Å²) in [6, 6.07) is 8.05. The van der Waals surface area contributed by atoms with Gasteiger partial charge in [-0.3, -0.25) is 4.79 Å². The number of ether oxygens (including phenoxy) is 1. The van der Waals surface area contributed by atoms with Crippen LogP contribution < -0.4 is 10.1 Å². The molecule has 1 aromatic carbocycles. The third-order valence-electron chi connectivity index (χ3n) is 4.94. The molecule has 9 heteroatoms. The standard InChI is InChI=1S/C19H24N6O2S/c1-13-7-8-16(27-3)15(11-13)25-18(22-23-24-25)28-14(2)17(26)21-19(12-20)9-5-4-6-10-19/h7-8,11,14H,4-6,9-10H2,1-3H3,(H,21,26). The van der Waals surface area contributed by atoms with Gasteiger partial charge < -0.3 is 10.1 Å². The number of tetrazole rings is 1. The number of methoxy groups -OCH3 is 1. The molecular weight excluding hydrogens is 376 g/mol. The molecule has 1 heterocycles. The van der Waals surface area contributed by atoms with E-state index in [4.69, 9.17) is 4.74 Å². The molecule has 3 rings (SSSR count). The molecule has 2 aromatic rings. The van der Waals surface area contributed by atoms with Gasteiger partial charge in [0.15, 0.2) is 0 Å². The third-order valence-corrected chi connectivity index (χ3v) is 5.97. The SMILES string of the molecule is COc1ccc(C)cc1-n1nnnc1SC(C)C(=O)NC1(C#N)CCCCC1. The zero-order valence-corrected chi connectivity index (χ0v) is 17.1. The van der Waals surface area contributed by atoms with Gasteiger partial charge >= 0.3 is 0 Å². The summed E-state index contributed by atoms with van der Waals surface area (Å²) in [5.74, 6) is 0.460. The van der Waals surface area contributed by atoms with Gasteiger partial charge in [-0.25, -0.2) is 0 Å². The van der Waals surface area contributed by atoms with Crippen LogP contribution in [0.2, 0.25) is 0 Å². The second kappa shape index (κ2) is 8.61. The number of amides is 1. The highest BCUT2D eigenvalue weighted by molar-refractivity contribution is 8.00. The van der Waals surface area contributed by atoms with Gasteiger partial charge in [0.1, 0.15) is 17.0 Å². The van der Waals surface area contributed by atoms with Crippen LogP contribution in [0.3, 0.4) is 0 Å². The number of aryl methyl sites for hydroxylation is 1. The minimum Gasteiger partial charge on any atom is -0.494 e. The lowest BCUT2D eigenvalue weighted by atomic mass is 9.83. The van der Waals surface area contributed by atoms with Crippen molar-refractivity contribution in [2.75, 3.05) is 7.11 Å². The number of nitriles is 1. The van der Waals surface area contributed by atoms with Crippen molar-refractivity contribution in [3.8, 4) is 17.5 Å². The molecule has 8 nitrogen and oxygen atoms in total. The summed E-state index contributed by atoms with van der Waals surface area (Å²) in [6.45, 7) is 3.77. The van der Waals surface area contributed by atoms with Gasteiger partial charge in [0.25, 0.3) is 0 Å². The van der Waals surface area contributed by atoms with Gasteiger partial charge in [-0.15, -0.1) is 5.10 Å². The highest BCUT2D eigenvalue weighted by atomic mass is 32.2. The number of thioether (sulfide) groups is 1. The zero-order valence-electron chi connectivity index (χ0n) is 16.3. The molecule has 1 unspecified atom stereocenters. The summed E-state index contributed by atoms with van der Waals surface area (Å²) in [5.41, 5.74) is 1.00. The predicted molar refractivity (Wildman–Crippen MR) is 105 cm³/mol. The van der Waals surface area contributed by atoms with Crippen LogP contribution in [0.4, 0.5) is 0 Å². The Balaban J connectivity index is 1.76. The number of benzene rings is 1. The molecule has 0 radical (unpaired) electrons. The first-order chi connectivity index (χ1) is 13.5. The molecule has 1 N–H and O–H groups in total. The maximum atomic E-state index is 12.7. The van der Waals surface area contributed by atoms with E-state index in [1.807, 2.05) is 25.1 Å². The van der Waals surface area contributed by atoms with Crippen molar-refractivity contribution in [3.05, 3.63) is 23.8 Å². The molecule has 0 bridgehead atoms. The van der Waals surface area contributed by atoms with Crippen LogP contribution in [-0.4, -0.2) is 44.0 Å². The molecule has 1 atom stereocenters. The zero-order chi connectivity index (χ0) is 20.1. The van der Waals surface area contributed by atoms with Crippen LogP contribution in [0.5, 0.6) is 5.75 Å². The third kappa shape index (κ3) is 4.28. The molecule has 1 saturated carbocycles. The Morgan fingerprint density at radius 3 is 2.82 bits per heavy atom. The van der Waals surface area contributed by atoms with Gasteiger partial charge in [0.05, 0.1) is 18.4 Å². The van der Waals surface area contributed by atoms with Crippen LogP contribution in [0.15, 0.2) is 23.4 Å². The molecule has 28 heavy (non-hydrogen) atoms. The molecule has 0 aliphatic heterocycles. The molecule has 148 valence electrons. The molecule has 0 spiro atoms. The highest BCUT2D eigenvalue weighted by Gasteiger charge is 2.35. The Hall–Kier alpha value is -2.60. The Labute approximate surface area is 168 Å². The molecule has 1 aromatic heterocycles. The maximum Gasteiger partial charge on any atom is 0.234 e. The van der Waals surface area contributed by atoms with E-state index < -0.39 is 10.8 Å². The normalized spacial score (nSPS) is 16.8. The molecule has 0 saturated heterocycles. The topological polar surface area (TPSA) is 106 Å². The number of hydrogen-bond acceptors (Lipinski definition) is 7. The average Bonchev–Trinajstić information content (AvgIpc) is 3.16. The van der Waals surface area contributed by atoms with E-state index in [0.29, 0.717) is 29.4 Å². The van der Waals surface area contributed by atoms with E-state index in [-0.39, 0.29) is 5.91 Å². The van der Waals surface area contributed by atoms with E-state index >= 15 is 0 Å². The fourth-order valence-corrected chi connectivity index (χ4v) is 4.14. The quantitative estimate of drug-likeness (QED) is 0.743. The summed E-state index contributed by atoms with van der Waals surface area (Å²) < 4.78 is 6.99. The molecule has 1 fully saturated rings. The van der Waals surface area contributed by atoms with Gasteiger partial charge in [-0.1, -0.05) is 37.1 Å². The Kier molecular flexibility index (Phi) is 6.19. The summed E-state index contributed by atoms with van der Waals surface area (Å²) in [5, 5.41) is 24.5. The number of nitrogens with one attached hydrogen (secondary N) is 1. The fourth-order valence-electron chi connectivity index (χ4n) is 3.34. The lowest BCUT2D eigenvalue weighted by molar-refractivity contribution is -0.121. The van der Waals surface area contributed by atoms with Crippen LogP contribution in [0.1, 0.15) is 44.6 Å². The van der Waals surface area contributed by atoms with Crippen molar-refractivity contribution in [3.63, 3.8) is 0 Å². The number of carbonyl (C=O) groups excluding carboxylic acids is 1. The first-order valence-electron chi connectivity index (χ1n) is 9.31. The lowest BCUT2D eigenvalue weighted by Crippen LogP contribution is -2.51. The monoisotopic (exact) mass is 400 g/mol. The second-order valence-corrected chi connectivity index (χ2v) is 8.36. The maximum absolute atomic E-state index is 12.7. The van der Waals surface area contributed by atoms with Crippen molar-refractivity contribution in [2.24, 2.45) is 0 Å². The molecular formula is C19H24N6O2S. The Morgan fingerprint density at radius 2 is 2.14 bits per heavy atom. The number of aromatic nitrogens is 4. The summed E-state index contributed by atoms with van der Waals surface area (Å²) in [7, 11) is 1.59. The van der Waals surface area contributed by atoms with Crippen molar-refractivity contribution in [1.82, 2.24) is 25.5 Å². The van der Waals surface area contributed by atoms with Crippen LogP contribution in [0, 0.1) is 18.3 Å². The predicted octanol–water partition coefficient (Wildman–Crippen LogP) is 2.80. The Bertz CT molecular complexity index is 885. The van der Waals surface area contributed by atoms with E-state index in [1.54, 1.807) is 18.7 Å². The number of hydrogen-bond donors (Lipinski definition) is 1. The van der Waals surface area contributed by atoms with Gasteiger partial charge in [0, 0.05) is 0 Å². The van der Waals surface area contributed by atoms with Gasteiger partial charge in [0.2, 0.25) is 11.1 Å². The summed E-state index contributed by atoms with van der Waals surface area (Å²) in [4.78, 5) is 12.7. The van der Waals surface area contributed by atoms with Crippen molar-refractivity contribution in [2.45, 2.75) is 61.9 Å². The van der Waals surface area contributed by atoms with Gasteiger partial charge in [-0.05, 0) is 54.8 Å². The van der Waals surface area contributed by atoms with Crippen LogP contribution in [0.25, 0.3) is 5.69 Å². The van der Waals surface area contributed by atoms with Crippen LogP contribution >= 0.6 is 11.8 Å². The smallest absolute Gasteiger partial charge is 0.234 e. The van der Waals surface area contributed by atoms with Crippen LogP contribution in [-0.2, 0) is 4.79 Å². The number of carbonyl (C=O) groups is 1. The lowest BCUT2D eigenvalue weighted by Gasteiger charge is -2.32. The van der Waals surface area contributed by atoms with E-state index in [1.165, 1.54) is 11.8 Å². The molecule has 1 amide bonds. The van der Waals surface area contributed by atoms with E-state index in [9.17, 15) is 10.1 Å². The fraction of sp³-hybridized carbons (Fsp3) is 0.526. The highest BCUT2D eigenvalue weighted by Crippen LogP contribution is 2.31. The molecule has 1 aliphatic rings. The second-order valence-electron chi connectivity index (χ2n) is 7.05. The molecule has 1 aliphatic carbocycles.